The number of benzene rings is 1. The van der Waals surface area contributed by atoms with Gasteiger partial charge < -0.3 is 5.32 Å². The lowest BCUT2D eigenvalue weighted by Crippen LogP contribution is -2.53. The summed E-state index contributed by atoms with van der Waals surface area (Å²) in [5, 5.41) is 3.00. The highest BCUT2D eigenvalue weighted by Crippen LogP contribution is 2.65. The van der Waals surface area contributed by atoms with E-state index in [1.165, 1.54) is 32.1 Å². The molecule has 1 N–H and O–H groups in total. The number of carbonyl (C=O) groups excluding carboxylic acids is 2. The highest BCUT2D eigenvalue weighted by molar-refractivity contribution is 9.10. The van der Waals surface area contributed by atoms with Crippen LogP contribution in [0.4, 0.5) is 5.69 Å². The highest BCUT2D eigenvalue weighted by atomic mass is 79.9. The van der Waals surface area contributed by atoms with Crippen molar-refractivity contribution in [1.82, 2.24) is 0 Å². The zero-order valence-corrected chi connectivity index (χ0v) is 15.7. The molecule has 0 spiro atoms. The molecule has 4 heteroatoms. The number of amides is 1. The van der Waals surface area contributed by atoms with Crippen LogP contribution in [0.1, 0.15) is 62.2 Å². The Bertz CT molecular complexity index is 685. The fraction of sp³-hybridized carbons (Fsp3) is 0.600. The Balaban J connectivity index is 1.50. The topological polar surface area (TPSA) is 46.2 Å². The van der Waals surface area contributed by atoms with Crippen molar-refractivity contribution in [1.29, 1.82) is 0 Å². The molecule has 2 unspecified atom stereocenters. The number of ketones is 1. The molecule has 0 aliphatic heterocycles. The average Bonchev–Trinajstić information content (AvgIpc) is 2.43. The first-order valence-electron chi connectivity index (χ1n) is 8.95. The summed E-state index contributed by atoms with van der Waals surface area (Å²) in [5.41, 5.74) is 1.39. The van der Waals surface area contributed by atoms with Crippen molar-refractivity contribution in [3.05, 3.63) is 29.8 Å². The van der Waals surface area contributed by atoms with Gasteiger partial charge in [-0.05, 0) is 74.8 Å². The second-order valence-electron chi connectivity index (χ2n) is 8.44. The Hall–Kier alpha value is -1.16. The van der Waals surface area contributed by atoms with E-state index < -0.39 is 0 Å². The first-order chi connectivity index (χ1) is 11.4. The molecule has 4 aliphatic carbocycles. The molecule has 4 saturated carbocycles. The largest absolute Gasteiger partial charge is 0.325 e. The van der Waals surface area contributed by atoms with Crippen LogP contribution < -0.4 is 5.32 Å². The number of anilines is 1. The molecular formula is C20H24BrNO2. The minimum Gasteiger partial charge on any atom is -0.325 e. The van der Waals surface area contributed by atoms with Crippen LogP contribution >= 0.6 is 15.9 Å². The Kier molecular flexibility index (Phi) is 3.87. The smallest absolute Gasteiger partial charge is 0.224 e. The van der Waals surface area contributed by atoms with Gasteiger partial charge in [-0.15, -0.1) is 0 Å². The molecule has 24 heavy (non-hydrogen) atoms. The molecular weight excluding hydrogens is 366 g/mol. The average molecular weight is 390 g/mol. The summed E-state index contributed by atoms with van der Waals surface area (Å²) in [6, 6.07) is 7.29. The molecule has 4 aliphatic rings. The fourth-order valence-electron chi connectivity index (χ4n) is 5.98. The number of hydrogen-bond donors (Lipinski definition) is 1. The molecule has 128 valence electrons. The molecule has 5 rings (SSSR count). The number of carbonyl (C=O) groups is 2. The number of nitrogens with one attached hydrogen (secondary N) is 1. The van der Waals surface area contributed by atoms with Gasteiger partial charge in [0.1, 0.15) is 0 Å². The van der Waals surface area contributed by atoms with Crippen LogP contribution in [0.3, 0.4) is 0 Å². The number of rotatable bonds is 4. The van der Waals surface area contributed by atoms with E-state index in [9.17, 15) is 9.59 Å². The predicted molar refractivity (Wildman–Crippen MR) is 98.5 cm³/mol. The minimum absolute atomic E-state index is 0.0138. The van der Waals surface area contributed by atoms with Crippen molar-refractivity contribution in [2.75, 3.05) is 5.32 Å². The third-order valence-corrected chi connectivity index (χ3v) is 7.15. The van der Waals surface area contributed by atoms with Gasteiger partial charge in [0.15, 0.2) is 5.78 Å². The summed E-state index contributed by atoms with van der Waals surface area (Å²) in [4.78, 5) is 24.5. The van der Waals surface area contributed by atoms with Gasteiger partial charge in [-0.2, -0.15) is 0 Å². The Morgan fingerprint density at radius 3 is 2.46 bits per heavy atom. The van der Waals surface area contributed by atoms with Crippen molar-refractivity contribution >= 4 is 33.3 Å². The lowest BCUT2D eigenvalue weighted by molar-refractivity contribution is -0.123. The normalized spacial score (nSPS) is 36.6. The standard InChI is InChI=1S/C20H24BrNO2/c1-13(23)16-4-2-3-5-17(16)22-18(24)11-19-7-14-6-15(8-19)10-20(21,9-14)12-19/h2-5,14-15H,6-12H2,1H3,(H,22,24). The monoisotopic (exact) mass is 389 g/mol. The van der Waals surface area contributed by atoms with E-state index in [0.717, 1.165) is 18.3 Å². The second kappa shape index (κ2) is 5.69. The van der Waals surface area contributed by atoms with Crippen LogP contribution in [0, 0.1) is 17.3 Å². The fourth-order valence-corrected chi connectivity index (χ4v) is 7.49. The third-order valence-electron chi connectivity index (χ3n) is 6.23. The van der Waals surface area contributed by atoms with Crippen LogP contribution in [0.15, 0.2) is 24.3 Å². The molecule has 1 aromatic carbocycles. The quantitative estimate of drug-likeness (QED) is 0.584. The van der Waals surface area contributed by atoms with Crippen LogP contribution in [-0.4, -0.2) is 16.0 Å². The molecule has 3 nitrogen and oxygen atoms in total. The van der Waals surface area contributed by atoms with Gasteiger partial charge in [-0.25, -0.2) is 0 Å². The van der Waals surface area contributed by atoms with Crippen molar-refractivity contribution < 1.29 is 9.59 Å². The molecule has 1 amide bonds. The Morgan fingerprint density at radius 2 is 1.83 bits per heavy atom. The van der Waals surface area contributed by atoms with Gasteiger partial charge in [-0.3, -0.25) is 9.59 Å². The summed E-state index contributed by atoms with van der Waals surface area (Å²) in [6.07, 6.45) is 8.00. The number of hydrogen-bond acceptors (Lipinski definition) is 2. The van der Waals surface area contributed by atoms with E-state index in [1.807, 2.05) is 18.2 Å². The lowest BCUT2D eigenvalue weighted by atomic mass is 9.48. The van der Waals surface area contributed by atoms with Crippen molar-refractivity contribution in [2.24, 2.45) is 17.3 Å². The number of halogens is 1. The summed E-state index contributed by atoms with van der Waals surface area (Å²) in [6.45, 7) is 1.54. The molecule has 0 aromatic heterocycles. The number of Topliss-reactive ketones (excluding diaryl/α,β-unsaturated/α-hetero) is 1. The summed E-state index contributed by atoms with van der Waals surface area (Å²) >= 11 is 4.00. The maximum absolute atomic E-state index is 12.7. The summed E-state index contributed by atoms with van der Waals surface area (Å²) < 4.78 is 0.272. The van der Waals surface area contributed by atoms with Gasteiger partial charge in [0.25, 0.3) is 0 Å². The van der Waals surface area contributed by atoms with E-state index in [2.05, 4.69) is 21.2 Å². The van der Waals surface area contributed by atoms with E-state index in [1.54, 1.807) is 13.0 Å². The first-order valence-corrected chi connectivity index (χ1v) is 9.75. The Labute approximate surface area is 151 Å². The summed E-state index contributed by atoms with van der Waals surface area (Å²) in [5.74, 6) is 1.60. The van der Waals surface area contributed by atoms with Crippen molar-refractivity contribution in [3.63, 3.8) is 0 Å². The minimum atomic E-state index is -0.0138. The van der Waals surface area contributed by atoms with Crippen LogP contribution in [0.5, 0.6) is 0 Å². The van der Waals surface area contributed by atoms with Gasteiger partial charge in [0.2, 0.25) is 5.91 Å². The van der Waals surface area contributed by atoms with E-state index in [0.29, 0.717) is 17.7 Å². The van der Waals surface area contributed by atoms with E-state index in [4.69, 9.17) is 0 Å². The molecule has 0 heterocycles. The lowest BCUT2D eigenvalue weighted by Gasteiger charge is -2.60. The van der Waals surface area contributed by atoms with Gasteiger partial charge in [0, 0.05) is 16.3 Å². The maximum atomic E-state index is 12.7. The molecule has 4 bridgehead atoms. The molecule has 0 saturated heterocycles. The molecule has 1 aromatic rings. The predicted octanol–water partition coefficient (Wildman–Crippen LogP) is 4.95. The second-order valence-corrected chi connectivity index (χ2v) is 10.1. The number of para-hydroxylation sites is 1. The van der Waals surface area contributed by atoms with E-state index >= 15 is 0 Å². The highest BCUT2D eigenvalue weighted by Gasteiger charge is 2.57. The molecule has 2 atom stereocenters. The maximum Gasteiger partial charge on any atom is 0.224 e. The van der Waals surface area contributed by atoms with Crippen molar-refractivity contribution in [3.8, 4) is 0 Å². The van der Waals surface area contributed by atoms with Gasteiger partial charge in [-0.1, -0.05) is 28.1 Å². The SMILES string of the molecule is CC(=O)c1ccccc1NC(=O)CC12CC3CC(CC(Br)(C3)C1)C2. The first kappa shape index (κ1) is 16.3. The zero-order chi connectivity index (χ0) is 16.9. The van der Waals surface area contributed by atoms with Gasteiger partial charge in [0.05, 0.1) is 5.69 Å². The van der Waals surface area contributed by atoms with Crippen LogP contribution in [0.25, 0.3) is 0 Å². The molecule has 0 radical (unpaired) electrons. The molecule has 4 fully saturated rings. The van der Waals surface area contributed by atoms with Crippen molar-refractivity contribution in [2.45, 2.75) is 56.2 Å². The zero-order valence-electron chi connectivity index (χ0n) is 14.1. The van der Waals surface area contributed by atoms with Crippen LogP contribution in [0.2, 0.25) is 0 Å². The summed E-state index contributed by atoms with van der Waals surface area (Å²) in [7, 11) is 0. The third kappa shape index (κ3) is 2.94. The number of alkyl halides is 1. The Morgan fingerprint density at radius 1 is 1.17 bits per heavy atom. The van der Waals surface area contributed by atoms with Crippen LogP contribution in [-0.2, 0) is 4.79 Å². The van der Waals surface area contributed by atoms with Gasteiger partial charge >= 0.3 is 0 Å². The van der Waals surface area contributed by atoms with E-state index in [-0.39, 0.29) is 21.4 Å².